The average molecular weight is 356 g/mol. The first-order chi connectivity index (χ1) is 11.3. The van der Waals surface area contributed by atoms with Crippen LogP contribution in [-0.2, 0) is 10.0 Å². The van der Waals surface area contributed by atoms with E-state index in [1.807, 2.05) is 0 Å². The van der Waals surface area contributed by atoms with E-state index < -0.39 is 10.0 Å². The molecular formula is C17H28N2O4S. The summed E-state index contributed by atoms with van der Waals surface area (Å²) in [7, 11) is -0.806. The molecule has 0 aromatic heterocycles. The summed E-state index contributed by atoms with van der Waals surface area (Å²) in [6.07, 6.45) is 2.37. The highest BCUT2D eigenvalue weighted by Crippen LogP contribution is 2.32. The molecule has 0 unspecified atom stereocenters. The normalized spacial score (nSPS) is 18.3. The third kappa shape index (κ3) is 4.62. The van der Waals surface area contributed by atoms with Crippen LogP contribution in [0.5, 0.6) is 11.5 Å². The zero-order valence-electron chi connectivity index (χ0n) is 15.0. The number of piperidine rings is 1. The van der Waals surface area contributed by atoms with Crippen LogP contribution in [0.3, 0.4) is 0 Å². The zero-order chi connectivity index (χ0) is 17.8. The Balaban J connectivity index is 2.04. The molecule has 1 aromatic rings. The quantitative estimate of drug-likeness (QED) is 0.810. The Morgan fingerprint density at radius 2 is 1.83 bits per heavy atom. The van der Waals surface area contributed by atoms with Gasteiger partial charge in [-0.15, -0.1) is 0 Å². The average Bonchev–Trinajstić information content (AvgIpc) is 2.52. The largest absolute Gasteiger partial charge is 0.495 e. The van der Waals surface area contributed by atoms with Crippen LogP contribution in [0.2, 0.25) is 0 Å². The van der Waals surface area contributed by atoms with Crippen molar-refractivity contribution in [1.82, 2.24) is 9.62 Å². The summed E-state index contributed by atoms with van der Waals surface area (Å²) >= 11 is 0. The van der Waals surface area contributed by atoms with E-state index in [2.05, 4.69) is 23.5 Å². The lowest BCUT2D eigenvalue weighted by Gasteiger charge is -2.38. The number of benzene rings is 1. The maximum atomic E-state index is 12.7. The van der Waals surface area contributed by atoms with Gasteiger partial charge in [-0.3, -0.25) is 0 Å². The summed E-state index contributed by atoms with van der Waals surface area (Å²) in [6.45, 7) is 7.57. The van der Waals surface area contributed by atoms with Gasteiger partial charge in [-0.2, -0.15) is 0 Å². The van der Waals surface area contributed by atoms with Crippen LogP contribution in [0.15, 0.2) is 23.1 Å². The number of hydrogen-bond acceptors (Lipinski definition) is 5. The minimum Gasteiger partial charge on any atom is -0.495 e. The van der Waals surface area contributed by atoms with Gasteiger partial charge in [0.1, 0.15) is 11.5 Å². The predicted molar refractivity (Wildman–Crippen MR) is 94.2 cm³/mol. The number of hydrogen-bond donors (Lipinski definition) is 1. The summed E-state index contributed by atoms with van der Waals surface area (Å²) in [6, 6.07) is 4.93. The van der Waals surface area contributed by atoms with Crippen LogP contribution in [0, 0.1) is 5.41 Å². The molecule has 1 fully saturated rings. The van der Waals surface area contributed by atoms with Crippen molar-refractivity contribution < 1.29 is 17.9 Å². The highest BCUT2D eigenvalue weighted by molar-refractivity contribution is 7.89. The second kappa shape index (κ2) is 7.72. The van der Waals surface area contributed by atoms with E-state index in [9.17, 15) is 8.42 Å². The monoisotopic (exact) mass is 356 g/mol. The Morgan fingerprint density at radius 3 is 2.38 bits per heavy atom. The maximum absolute atomic E-state index is 12.7. The summed E-state index contributed by atoms with van der Waals surface area (Å²) in [5, 5.41) is 0. The van der Waals surface area contributed by atoms with E-state index >= 15 is 0 Å². The van der Waals surface area contributed by atoms with E-state index in [0.717, 1.165) is 19.5 Å². The first kappa shape index (κ1) is 19.0. The Kier molecular flexibility index (Phi) is 6.11. The Hall–Kier alpha value is -1.31. The smallest absolute Gasteiger partial charge is 0.248 e. The fraction of sp³-hybridized carbons (Fsp3) is 0.647. The minimum atomic E-state index is -3.70. The number of likely N-dealkylation sites (tertiary alicyclic amines) is 1. The zero-order valence-corrected chi connectivity index (χ0v) is 15.8. The van der Waals surface area contributed by atoms with Crippen LogP contribution in [0.25, 0.3) is 0 Å². The van der Waals surface area contributed by atoms with Crippen molar-refractivity contribution in [2.75, 3.05) is 40.4 Å². The number of nitrogens with zero attached hydrogens (tertiary/aromatic N) is 1. The maximum Gasteiger partial charge on any atom is 0.248 e. The molecule has 7 heteroatoms. The molecule has 1 aromatic carbocycles. The Labute approximate surface area is 145 Å². The van der Waals surface area contributed by atoms with Crippen molar-refractivity contribution in [1.29, 1.82) is 0 Å². The summed E-state index contributed by atoms with van der Waals surface area (Å²) < 4.78 is 38.4. The number of sulfonamides is 1. The molecule has 0 amide bonds. The van der Waals surface area contributed by atoms with Crippen molar-refractivity contribution in [2.45, 2.75) is 31.6 Å². The van der Waals surface area contributed by atoms with Gasteiger partial charge in [0.05, 0.1) is 14.2 Å². The molecule has 2 rings (SSSR count). The van der Waals surface area contributed by atoms with Gasteiger partial charge in [0.15, 0.2) is 4.90 Å². The van der Waals surface area contributed by atoms with Crippen LogP contribution < -0.4 is 14.2 Å². The third-order valence-corrected chi connectivity index (χ3v) is 5.87. The van der Waals surface area contributed by atoms with Crippen molar-refractivity contribution in [2.24, 2.45) is 5.41 Å². The summed E-state index contributed by atoms with van der Waals surface area (Å²) in [5.74, 6) is 0.557. The summed E-state index contributed by atoms with van der Waals surface area (Å²) in [5.41, 5.74) is 0.295. The van der Waals surface area contributed by atoms with E-state index in [1.165, 1.54) is 20.6 Å². The standard InChI is InChI=1S/C17H28N2O4S/c1-17(2)9-6-11-19(13-17)12-10-18-24(20,21)16-14(22-3)7-5-8-15(16)23-4/h5,7-8,18H,6,9-13H2,1-4H3. The Morgan fingerprint density at radius 1 is 1.21 bits per heavy atom. The van der Waals surface area contributed by atoms with Gasteiger partial charge < -0.3 is 14.4 Å². The van der Waals surface area contributed by atoms with Gasteiger partial charge in [-0.05, 0) is 36.9 Å². The molecule has 1 saturated heterocycles. The molecule has 0 saturated carbocycles. The Bertz CT molecular complexity index is 636. The van der Waals surface area contributed by atoms with Crippen LogP contribution in [0.1, 0.15) is 26.7 Å². The lowest BCUT2D eigenvalue weighted by Crippen LogP contribution is -2.43. The molecule has 1 aliphatic heterocycles. The first-order valence-electron chi connectivity index (χ1n) is 8.22. The highest BCUT2D eigenvalue weighted by atomic mass is 32.2. The molecule has 1 heterocycles. The lowest BCUT2D eigenvalue weighted by molar-refractivity contribution is 0.120. The molecule has 0 spiro atoms. The van der Waals surface area contributed by atoms with E-state index in [4.69, 9.17) is 9.47 Å². The first-order valence-corrected chi connectivity index (χ1v) is 9.70. The second-order valence-corrected chi connectivity index (χ2v) is 8.64. The van der Waals surface area contributed by atoms with Gasteiger partial charge in [-0.25, -0.2) is 13.1 Å². The lowest BCUT2D eigenvalue weighted by atomic mass is 9.84. The van der Waals surface area contributed by atoms with Crippen LogP contribution in [-0.4, -0.2) is 53.7 Å². The number of ether oxygens (including phenoxy) is 2. The minimum absolute atomic E-state index is 0.0500. The molecule has 1 aliphatic rings. The highest BCUT2D eigenvalue weighted by Gasteiger charge is 2.27. The number of rotatable bonds is 7. The molecule has 1 N–H and O–H groups in total. The van der Waals surface area contributed by atoms with Gasteiger partial charge in [-0.1, -0.05) is 19.9 Å². The molecule has 0 radical (unpaired) electrons. The van der Waals surface area contributed by atoms with Crippen LogP contribution in [0.4, 0.5) is 0 Å². The molecular weight excluding hydrogens is 328 g/mol. The predicted octanol–water partition coefficient (Wildman–Crippen LogP) is 2.10. The second-order valence-electron chi connectivity index (χ2n) is 6.93. The molecule has 6 nitrogen and oxygen atoms in total. The fourth-order valence-electron chi connectivity index (χ4n) is 3.23. The van der Waals surface area contributed by atoms with Crippen LogP contribution >= 0.6 is 0 Å². The summed E-state index contributed by atoms with van der Waals surface area (Å²) in [4.78, 5) is 2.36. The number of nitrogens with one attached hydrogen (secondary N) is 1. The molecule has 0 atom stereocenters. The van der Waals surface area contributed by atoms with Gasteiger partial charge in [0.25, 0.3) is 0 Å². The van der Waals surface area contributed by atoms with Gasteiger partial charge in [0.2, 0.25) is 10.0 Å². The van der Waals surface area contributed by atoms with Crippen molar-refractivity contribution in [3.05, 3.63) is 18.2 Å². The van der Waals surface area contributed by atoms with Gasteiger partial charge >= 0.3 is 0 Å². The fourth-order valence-corrected chi connectivity index (χ4v) is 4.56. The SMILES string of the molecule is COc1cccc(OC)c1S(=O)(=O)NCCN1CCCC(C)(C)C1. The van der Waals surface area contributed by atoms with E-state index in [1.54, 1.807) is 18.2 Å². The molecule has 0 bridgehead atoms. The van der Waals surface area contributed by atoms with Crippen molar-refractivity contribution in [3.8, 4) is 11.5 Å². The molecule has 24 heavy (non-hydrogen) atoms. The third-order valence-electron chi connectivity index (χ3n) is 4.35. The molecule has 136 valence electrons. The van der Waals surface area contributed by atoms with E-state index in [0.29, 0.717) is 18.5 Å². The van der Waals surface area contributed by atoms with Crippen molar-refractivity contribution >= 4 is 10.0 Å². The topological polar surface area (TPSA) is 67.9 Å². The van der Waals surface area contributed by atoms with Crippen molar-refractivity contribution in [3.63, 3.8) is 0 Å². The number of methoxy groups -OCH3 is 2. The van der Waals surface area contributed by atoms with Gasteiger partial charge in [0, 0.05) is 19.6 Å². The molecule has 0 aliphatic carbocycles. The van der Waals surface area contributed by atoms with E-state index in [-0.39, 0.29) is 16.4 Å².